The Kier molecular flexibility index (Phi) is 13.9. The van der Waals surface area contributed by atoms with Gasteiger partial charge in [0.05, 0.1) is 33.4 Å². The fraction of sp³-hybridized carbons (Fsp3) is 0.350. The number of anilines is 1. The second kappa shape index (κ2) is 18.3. The first kappa shape index (κ1) is 39.5. The summed E-state index contributed by atoms with van der Waals surface area (Å²) in [5, 5.41) is 24.9. The number of esters is 2. The average molecular weight is 711 g/mol. The van der Waals surface area contributed by atoms with Crippen LogP contribution < -0.4 is 10.6 Å². The van der Waals surface area contributed by atoms with E-state index in [1.165, 1.54) is 14.2 Å². The first-order valence-corrected chi connectivity index (χ1v) is 17.0. The number of hydrogen-bond acceptors (Lipinski definition) is 11. The van der Waals surface area contributed by atoms with Crippen LogP contribution in [0.1, 0.15) is 66.3 Å². The highest BCUT2D eigenvalue weighted by Gasteiger charge is 2.21. The lowest BCUT2D eigenvalue weighted by atomic mass is 9.91. The minimum Gasteiger partial charge on any atom is -0.469 e. The maximum atomic E-state index is 13.4. The van der Waals surface area contributed by atoms with E-state index in [1.807, 2.05) is 64.1 Å². The predicted octanol–water partition coefficient (Wildman–Crippen LogP) is 4.39. The van der Waals surface area contributed by atoms with E-state index in [4.69, 9.17) is 9.47 Å². The van der Waals surface area contributed by atoms with Gasteiger partial charge in [-0.05, 0) is 109 Å². The van der Waals surface area contributed by atoms with Gasteiger partial charge in [-0.3, -0.25) is 34.5 Å². The number of aliphatic hydroxyl groups excluding tert-OH is 2. The van der Waals surface area contributed by atoms with Crippen molar-refractivity contribution in [3.63, 3.8) is 0 Å². The molecule has 2 aromatic heterocycles. The van der Waals surface area contributed by atoms with Gasteiger partial charge in [-0.1, -0.05) is 30.3 Å². The van der Waals surface area contributed by atoms with E-state index >= 15 is 0 Å². The highest BCUT2D eigenvalue weighted by atomic mass is 16.5. The maximum absolute atomic E-state index is 13.4. The number of ketones is 1. The van der Waals surface area contributed by atoms with Gasteiger partial charge in [-0.15, -0.1) is 0 Å². The van der Waals surface area contributed by atoms with Crippen molar-refractivity contribution in [2.75, 3.05) is 32.8 Å². The Morgan fingerprint density at radius 1 is 0.750 bits per heavy atom. The van der Waals surface area contributed by atoms with Gasteiger partial charge < -0.3 is 25.0 Å². The van der Waals surface area contributed by atoms with Gasteiger partial charge in [0.2, 0.25) is 0 Å². The first-order chi connectivity index (χ1) is 24.9. The van der Waals surface area contributed by atoms with Crippen LogP contribution >= 0.6 is 0 Å². The molecule has 0 aliphatic rings. The van der Waals surface area contributed by atoms with Crippen LogP contribution in [0.3, 0.4) is 0 Å². The SMILES string of the molecule is COC(=O)[C@H](CO)CCc1cnc(C(=O)Nc2cccc(-c3cccc(CC(=O)c4cc(C)c(CN[C@@H](CO)C(=O)OC)cn4)c3C)c2C)cc1C. The molecule has 0 unspecified atom stereocenters. The molecule has 0 bridgehead atoms. The molecule has 0 spiro atoms. The molecule has 0 fully saturated rings. The van der Waals surface area contributed by atoms with E-state index in [2.05, 4.69) is 20.6 Å². The van der Waals surface area contributed by atoms with Gasteiger partial charge in [0.25, 0.3) is 5.91 Å². The molecule has 52 heavy (non-hydrogen) atoms. The standard InChI is InChI=1S/C40H46N4O8/c1-23-16-35(42-18-28(23)13-14-29(21-45)39(49)51-5)38(48)44-33-12-8-11-32(26(33)4)31-10-7-9-27(25(31)3)17-37(47)34-15-24(2)30(19-41-34)20-43-36(22-46)40(50)52-6/h7-12,15-16,18-19,29,36,43,45-46H,13-14,17,20-22H2,1-6H3,(H,44,48)/t29-,36-/m0/s1. The molecule has 4 N–H and O–H groups in total. The summed E-state index contributed by atoms with van der Waals surface area (Å²) in [4.78, 5) is 59.1. The molecular formula is C40H46N4O8. The van der Waals surface area contributed by atoms with Crippen LogP contribution in [0.4, 0.5) is 5.69 Å². The largest absolute Gasteiger partial charge is 0.469 e. The molecule has 2 heterocycles. The van der Waals surface area contributed by atoms with Crippen molar-refractivity contribution in [3.8, 4) is 11.1 Å². The lowest BCUT2D eigenvalue weighted by molar-refractivity contribution is -0.147. The Morgan fingerprint density at radius 3 is 2.00 bits per heavy atom. The zero-order valence-electron chi connectivity index (χ0n) is 30.4. The summed E-state index contributed by atoms with van der Waals surface area (Å²) in [5.74, 6) is -2.16. The first-order valence-electron chi connectivity index (χ1n) is 17.0. The summed E-state index contributed by atoms with van der Waals surface area (Å²) >= 11 is 0. The fourth-order valence-corrected chi connectivity index (χ4v) is 5.95. The number of amides is 1. The van der Waals surface area contributed by atoms with Crippen molar-refractivity contribution < 1.29 is 38.9 Å². The Morgan fingerprint density at radius 2 is 1.37 bits per heavy atom. The molecular weight excluding hydrogens is 664 g/mol. The zero-order chi connectivity index (χ0) is 37.9. The van der Waals surface area contributed by atoms with Crippen LogP contribution in [-0.2, 0) is 38.4 Å². The number of aliphatic hydroxyl groups is 2. The summed E-state index contributed by atoms with van der Waals surface area (Å²) in [7, 11) is 2.55. The van der Waals surface area contributed by atoms with Gasteiger partial charge in [-0.2, -0.15) is 0 Å². The highest BCUT2D eigenvalue weighted by Crippen LogP contribution is 2.33. The minimum atomic E-state index is -0.861. The fourth-order valence-electron chi connectivity index (χ4n) is 5.95. The monoisotopic (exact) mass is 710 g/mol. The number of nitrogens with one attached hydrogen (secondary N) is 2. The van der Waals surface area contributed by atoms with E-state index in [9.17, 15) is 29.4 Å². The van der Waals surface area contributed by atoms with Gasteiger partial charge in [-0.25, -0.2) is 0 Å². The predicted molar refractivity (Wildman–Crippen MR) is 196 cm³/mol. The highest BCUT2D eigenvalue weighted by molar-refractivity contribution is 6.04. The number of nitrogens with zero attached hydrogens (tertiary/aromatic N) is 2. The van der Waals surface area contributed by atoms with Crippen molar-refractivity contribution >= 4 is 29.3 Å². The molecule has 0 saturated heterocycles. The second-order valence-electron chi connectivity index (χ2n) is 12.7. The van der Waals surface area contributed by atoms with Gasteiger partial charge in [0, 0.05) is 31.0 Å². The molecule has 2 atom stereocenters. The van der Waals surface area contributed by atoms with Crippen molar-refractivity contribution in [2.45, 2.75) is 59.5 Å². The van der Waals surface area contributed by atoms with Gasteiger partial charge >= 0.3 is 11.9 Å². The molecule has 4 rings (SSSR count). The molecule has 274 valence electrons. The number of Topliss-reactive ketones (excluding diaryl/α,β-unsaturated/α-hetero) is 1. The van der Waals surface area contributed by atoms with Crippen LogP contribution in [0, 0.1) is 33.6 Å². The number of aromatic nitrogens is 2. The topological polar surface area (TPSA) is 177 Å². The quantitative estimate of drug-likeness (QED) is 0.0958. The smallest absolute Gasteiger partial charge is 0.325 e. The molecule has 0 saturated carbocycles. The third kappa shape index (κ3) is 9.52. The molecule has 12 heteroatoms. The Bertz CT molecular complexity index is 1800. The summed E-state index contributed by atoms with van der Waals surface area (Å²) in [6, 6.07) is 14.1. The van der Waals surface area contributed by atoms with Crippen LogP contribution in [0.25, 0.3) is 11.1 Å². The number of hydrogen-bond donors (Lipinski definition) is 4. The third-order valence-electron chi connectivity index (χ3n) is 9.35. The lowest BCUT2D eigenvalue weighted by Crippen LogP contribution is -2.40. The second-order valence-corrected chi connectivity index (χ2v) is 12.7. The lowest BCUT2D eigenvalue weighted by Gasteiger charge is -2.17. The van der Waals surface area contributed by atoms with Crippen LogP contribution in [-0.4, -0.2) is 77.3 Å². The molecule has 4 aromatic rings. The number of pyridine rings is 2. The Hall–Kier alpha value is -5.30. The average Bonchev–Trinajstić information content (AvgIpc) is 3.14. The minimum absolute atomic E-state index is 0.137. The van der Waals surface area contributed by atoms with Gasteiger partial charge in [0.15, 0.2) is 5.78 Å². The molecule has 2 aromatic carbocycles. The van der Waals surface area contributed by atoms with Crippen molar-refractivity contribution in [1.82, 2.24) is 15.3 Å². The maximum Gasteiger partial charge on any atom is 0.325 e. The summed E-state index contributed by atoms with van der Waals surface area (Å²) < 4.78 is 9.44. The number of carbonyl (C=O) groups is 4. The zero-order valence-corrected chi connectivity index (χ0v) is 30.4. The normalized spacial score (nSPS) is 12.2. The van der Waals surface area contributed by atoms with Gasteiger partial charge in [0.1, 0.15) is 17.4 Å². The number of benzene rings is 2. The van der Waals surface area contributed by atoms with E-state index in [0.29, 0.717) is 24.2 Å². The van der Waals surface area contributed by atoms with Crippen molar-refractivity contribution in [2.24, 2.45) is 5.92 Å². The van der Waals surface area contributed by atoms with E-state index in [-0.39, 0.29) is 37.0 Å². The van der Waals surface area contributed by atoms with Crippen LogP contribution in [0.2, 0.25) is 0 Å². The van der Waals surface area contributed by atoms with Crippen molar-refractivity contribution in [3.05, 3.63) is 111 Å². The summed E-state index contributed by atoms with van der Waals surface area (Å²) in [6.07, 6.45) is 4.25. The molecule has 1 amide bonds. The molecule has 0 aliphatic heterocycles. The number of ether oxygens (including phenoxy) is 2. The van der Waals surface area contributed by atoms with Crippen molar-refractivity contribution in [1.29, 1.82) is 0 Å². The molecule has 0 aliphatic carbocycles. The summed E-state index contributed by atoms with van der Waals surface area (Å²) in [5.41, 5.74) is 8.99. The Labute approximate surface area is 303 Å². The van der Waals surface area contributed by atoms with E-state index in [0.717, 1.165) is 50.1 Å². The Balaban J connectivity index is 1.46. The number of rotatable bonds is 16. The summed E-state index contributed by atoms with van der Waals surface area (Å²) in [6.45, 7) is 7.19. The third-order valence-corrected chi connectivity index (χ3v) is 9.35. The number of aryl methyl sites for hydroxylation is 3. The van der Waals surface area contributed by atoms with Crippen LogP contribution in [0.5, 0.6) is 0 Å². The van der Waals surface area contributed by atoms with E-state index in [1.54, 1.807) is 24.5 Å². The van der Waals surface area contributed by atoms with E-state index < -0.39 is 30.5 Å². The number of methoxy groups -OCH3 is 2. The number of carbonyl (C=O) groups excluding carboxylic acids is 4. The molecule has 0 radical (unpaired) electrons. The van der Waals surface area contributed by atoms with Crippen LogP contribution in [0.15, 0.2) is 60.9 Å². The molecule has 12 nitrogen and oxygen atoms in total.